The van der Waals surface area contributed by atoms with Gasteiger partial charge in [-0.3, -0.25) is 14.4 Å². The van der Waals surface area contributed by atoms with E-state index in [0.29, 0.717) is 18.5 Å². The summed E-state index contributed by atoms with van der Waals surface area (Å²) in [7, 11) is 0. The molecule has 1 aliphatic rings. The Morgan fingerprint density at radius 3 is 2.60 bits per heavy atom. The molecule has 0 aromatic heterocycles. The Hall–Kier alpha value is -2.37. The van der Waals surface area contributed by atoms with Gasteiger partial charge in [-0.05, 0) is 25.0 Å². The second-order valence-corrected chi connectivity index (χ2v) is 4.70. The molecule has 1 fully saturated rings. The third-order valence-corrected chi connectivity index (χ3v) is 3.34. The Kier molecular flexibility index (Phi) is 4.34. The van der Waals surface area contributed by atoms with Gasteiger partial charge in [0.2, 0.25) is 11.8 Å². The van der Waals surface area contributed by atoms with E-state index in [-0.39, 0.29) is 18.4 Å². The number of primary amides is 1. The maximum atomic E-state index is 12.0. The highest BCUT2D eigenvalue weighted by Crippen LogP contribution is 2.16. The first-order chi connectivity index (χ1) is 9.59. The fraction of sp³-hybridized carbons (Fsp3) is 0.357. The molecule has 1 saturated heterocycles. The van der Waals surface area contributed by atoms with E-state index >= 15 is 0 Å². The summed E-state index contributed by atoms with van der Waals surface area (Å²) in [6.07, 6.45) is 1.35. The number of rotatable bonds is 4. The van der Waals surface area contributed by atoms with E-state index in [9.17, 15) is 14.4 Å². The van der Waals surface area contributed by atoms with Crippen molar-refractivity contribution in [3.8, 4) is 0 Å². The summed E-state index contributed by atoms with van der Waals surface area (Å²) >= 11 is 0. The van der Waals surface area contributed by atoms with Crippen LogP contribution in [0, 0.1) is 0 Å². The zero-order valence-corrected chi connectivity index (χ0v) is 11.0. The number of likely N-dealkylation sites (tertiary alicyclic amines) is 1. The smallest absolute Gasteiger partial charge is 0.251 e. The topological polar surface area (TPSA) is 92.5 Å². The van der Waals surface area contributed by atoms with Crippen LogP contribution < -0.4 is 11.1 Å². The lowest BCUT2D eigenvalue weighted by Crippen LogP contribution is -2.47. The summed E-state index contributed by atoms with van der Waals surface area (Å²) in [6, 6.07) is 8.10. The maximum Gasteiger partial charge on any atom is 0.251 e. The molecule has 1 heterocycles. The standard InChI is InChI=1S/C14H17N3O3/c15-13(19)11-7-4-8-17(11)12(18)9-16-14(20)10-5-2-1-3-6-10/h1-3,5-6,11H,4,7-9H2,(H2,15,19)(H,16,20). The lowest BCUT2D eigenvalue weighted by atomic mass is 10.2. The summed E-state index contributed by atoms with van der Waals surface area (Å²) in [5, 5.41) is 2.55. The number of carbonyl (C=O) groups excluding carboxylic acids is 3. The van der Waals surface area contributed by atoms with Gasteiger partial charge >= 0.3 is 0 Å². The molecule has 106 valence electrons. The van der Waals surface area contributed by atoms with Gasteiger partial charge in [0.25, 0.3) is 5.91 Å². The van der Waals surface area contributed by atoms with E-state index in [1.807, 2.05) is 6.07 Å². The van der Waals surface area contributed by atoms with Gasteiger partial charge in [-0.25, -0.2) is 0 Å². The van der Waals surface area contributed by atoms with Gasteiger partial charge in [-0.2, -0.15) is 0 Å². The van der Waals surface area contributed by atoms with Crippen LogP contribution in [0.2, 0.25) is 0 Å². The number of hydrogen-bond donors (Lipinski definition) is 2. The van der Waals surface area contributed by atoms with Crippen molar-refractivity contribution >= 4 is 17.7 Å². The first-order valence-electron chi connectivity index (χ1n) is 6.51. The van der Waals surface area contributed by atoms with Crippen molar-refractivity contribution < 1.29 is 14.4 Å². The Balaban J connectivity index is 1.89. The van der Waals surface area contributed by atoms with Crippen LogP contribution in [0.15, 0.2) is 30.3 Å². The van der Waals surface area contributed by atoms with Crippen LogP contribution in [0.1, 0.15) is 23.2 Å². The second-order valence-electron chi connectivity index (χ2n) is 4.70. The van der Waals surface area contributed by atoms with Crippen molar-refractivity contribution in [3.63, 3.8) is 0 Å². The summed E-state index contributed by atoms with van der Waals surface area (Å²) in [4.78, 5) is 36.5. The number of hydrogen-bond acceptors (Lipinski definition) is 3. The van der Waals surface area contributed by atoms with Gasteiger partial charge in [0.15, 0.2) is 0 Å². The Labute approximate surface area is 116 Å². The fourth-order valence-electron chi connectivity index (χ4n) is 2.31. The lowest BCUT2D eigenvalue weighted by molar-refractivity contribution is -0.136. The molecule has 3 amide bonds. The third-order valence-electron chi connectivity index (χ3n) is 3.34. The van der Waals surface area contributed by atoms with Crippen LogP contribution >= 0.6 is 0 Å². The Morgan fingerprint density at radius 1 is 1.25 bits per heavy atom. The number of nitrogens with two attached hydrogens (primary N) is 1. The minimum Gasteiger partial charge on any atom is -0.368 e. The maximum absolute atomic E-state index is 12.0. The minimum atomic E-state index is -0.545. The third kappa shape index (κ3) is 3.14. The number of benzene rings is 1. The van der Waals surface area contributed by atoms with Gasteiger partial charge in [-0.1, -0.05) is 18.2 Å². The van der Waals surface area contributed by atoms with Crippen molar-refractivity contribution in [3.05, 3.63) is 35.9 Å². The molecule has 3 N–H and O–H groups in total. The first kappa shape index (κ1) is 14.0. The molecule has 1 unspecified atom stereocenters. The molecule has 1 aliphatic heterocycles. The highest BCUT2D eigenvalue weighted by Gasteiger charge is 2.32. The normalized spacial score (nSPS) is 17.8. The molecular weight excluding hydrogens is 258 g/mol. The SMILES string of the molecule is NC(=O)C1CCCN1C(=O)CNC(=O)c1ccccc1. The molecule has 0 saturated carbocycles. The van der Waals surface area contributed by atoms with E-state index in [2.05, 4.69) is 5.32 Å². The first-order valence-corrected chi connectivity index (χ1v) is 6.51. The summed E-state index contributed by atoms with van der Waals surface area (Å²) in [6.45, 7) is 0.380. The number of carbonyl (C=O) groups is 3. The average molecular weight is 275 g/mol. The van der Waals surface area contributed by atoms with Crippen molar-refractivity contribution in [2.45, 2.75) is 18.9 Å². The number of nitrogens with one attached hydrogen (secondary N) is 1. The van der Waals surface area contributed by atoms with Crippen molar-refractivity contribution in [2.75, 3.05) is 13.1 Å². The molecule has 0 aliphatic carbocycles. The number of nitrogens with zero attached hydrogens (tertiary/aromatic N) is 1. The highest BCUT2D eigenvalue weighted by molar-refractivity contribution is 5.97. The molecule has 1 atom stereocenters. The molecule has 0 bridgehead atoms. The van der Waals surface area contributed by atoms with Gasteiger partial charge < -0.3 is 16.0 Å². The Morgan fingerprint density at radius 2 is 1.95 bits per heavy atom. The van der Waals surface area contributed by atoms with Crippen molar-refractivity contribution in [1.82, 2.24) is 10.2 Å². The number of amides is 3. The fourth-order valence-corrected chi connectivity index (χ4v) is 2.31. The highest BCUT2D eigenvalue weighted by atomic mass is 16.2. The Bertz CT molecular complexity index is 516. The predicted octanol–water partition coefficient (Wildman–Crippen LogP) is -0.107. The van der Waals surface area contributed by atoms with Crippen LogP contribution in [-0.2, 0) is 9.59 Å². The van der Waals surface area contributed by atoms with Crippen LogP contribution in [0.25, 0.3) is 0 Å². The van der Waals surface area contributed by atoms with Gasteiger partial charge in [0, 0.05) is 12.1 Å². The van der Waals surface area contributed by atoms with E-state index < -0.39 is 11.9 Å². The molecule has 0 spiro atoms. The summed E-state index contributed by atoms with van der Waals surface area (Å²) < 4.78 is 0. The van der Waals surface area contributed by atoms with Gasteiger partial charge in [-0.15, -0.1) is 0 Å². The minimum absolute atomic E-state index is 0.127. The van der Waals surface area contributed by atoms with Crippen molar-refractivity contribution in [2.24, 2.45) is 5.73 Å². The van der Waals surface area contributed by atoms with Crippen LogP contribution in [-0.4, -0.2) is 41.8 Å². The van der Waals surface area contributed by atoms with E-state index in [1.54, 1.807) is 24.3 Å². The predicted molar refractivity (Wildman–Crippen MR) is 72.7 cm³/mol. The summed E-state index contributed by atoms with van der Waals surface area (Å²) in [5.74, 6) is -1.09. The molecule has 2 rings (SSSR count). The molecule has 1 aromatic carbocycles. The van der Waals surface area contributed by atoms with Gasteiger partial charge in [0.1, 0.15) is 6.04 Å². The van der Waals surface area contributed by atoms with Crippen LogP contribution in [0.5, 0.6) is 0 Å². The van der Waals surface area contributed by atoms with Crippen molar-refractivity contribution in [1.29, 1.82) is 0 Å². The molecule has 6 heteroatoms. The average Bonchev–Trinajstić information content (AvgIpc) is 2.95. The van der Waals surface area contributed by atoms with E-state index in [4.69, 9.17) is 5.73 Å². The molecular formula is C14H17N3O3. The van der Waals surface area contributed by atoms with E-state index in [1.165, 1.54) is 4.90 Å². The molecule has 1 aromatic rings. The zero-order chi connectivity index (χ0) is 14.5. The second kappa shape index (κ2) is 6.18. The van der Waals surface area contributed by atoms with Crippen LogP contribution in [0.4, 0.5) is 0 Å². The summed E-state index contributed by atoms with van der Waals surface area (Å²) in [5.41, 5.74) is 5.75. The monoisotopic (exact) mass is 275 g/mol. The largest absolute Gasteiger partial charge is 0.368 e. The lowest BCUT2D eigenvalue weighted by Gasteiger charge is -2.22. The molecule has 6 nitrogen and oxygen atoms in total. The molecule has 0 radical (unpaired) electrons. The molecule has 20 heavy (non-hydrogen) atoms. The zero-order valence-electron chi connectivity index (χ0n) is 11.0. The quantitative estimate of drug-likeness (QED) is 0.803. The van der Waals surface area contributed by atoms with Crippen LogP contribution in [0.3, 0.4) is 0 Å². The van der Waals surface area contributed by atoms with Gasteiger partial charge in [0.05, 0.1) is 6.54 Å². The van der Waals surface area contributed by atoms with E-state index in [0.717, 1.165) is 6.42 Å².